The third-order valence-corrected chi connectivity index (χ3v) is 6.13. The van der Waals surface area contributed by atoms with Crippen LogP contribution in [0.25, 0.3) is 0 Å². The van der Waals surface area contributed by atoms with Gasteiger partial charge in [0.1, 0.15) is 23.8 Å². The van der Waals surface area contributed by atoms with Crippen LogP contribution in [0.1, 0.15) is 70.3 Å². The van der Waals surface area contributed by atoms with Crippen molar-refractivity contribution in [2.24, 2.45) is 7.05 Å². The van der Waals surface area contributed by atoms with E-state index in [-0.39, 0.29) is 23.7 Å². The van der Waals surface area contributed by atoms with Crippen molar-refractivity contribution in [2.45, 2.75) is 53.7 Å². The molecule has 0 aliphatic carbocycles. The van der Waals surface area contributed by atoms with Crippen LogP contribution < -0.4 is 15.4 Å². The minimum Gasteiger partial charge on any atom is -0.485 e. The fourth-order valence-electron chi connectivity index (χ4n) is 3.91. The summed E-state index contributed by atoms with van der Waals surface area (Å²) in [6, 6.07) is 9.41. The van der Waals surface area contributed by atoms with E-state index in [2.05, 4.69) is 46.8 Å². The maximum absolute atomic E-state index is 13.1. The van der Waals surface area contributed by atoms with Crippen molar-refractivity contribution in [3.05, 3.63) is 76.8 Å². The van der Waals surface area contributed by atoms with Gasteiger partial charge >= 0.3 is 0 Å². The lowest BCUT2D eigenvalue weighted by Crippen LogP contribution is -2.21. The van der Waals surface area contributed by atoms with Gasteiger partial charge in [-0.3, -0.25) is 19.0 Å². The SMILES string of the molecule is CCn1ncc(NC(=O)c2ccc(COc3cc(C)ccc3C(C)C)o2)c1C(=O)Nc1cnn(C)c1C. The molecular formula is C27H32N6O4. The highest BCUT2D eigenvalue weighted by molar-refractivity contribution is 6.11. The number of aromatic nitrogens is 4. The third-order valence-electron chi connectivity index (χ3n) is 6.13. The summed E-state index contributed by atoms with van der Waals surface area (Å²) in [6.07, 6.45) is 3.02. The van der Waals surface area contributed by atoms with E-state index >= 15 is 0 Å². The molecule has 0 saturated carbocycles. The Morgan fingerprint density at radius 2 is 1.76 bits per heavy atom. The van der Waals surface area contributed by atoms with E-state index in [0.717, 1.165) is 22.6 Å². The van der Waals surface area contributed by atoms with Gasteiger partial charge in [0.25, 0.3) is 11.8 Å². The number of ether oxygens (including phenoxy) is 1. The normalized spacial score (nSPS) is 11.1. The number of anilines is 2. The first-order valence-corrected chi connectivity index (χ1v) is 12.2. The molecule has 0 bridgehead atoms. The van der Waals surface area contributed by atoms with E-state index in [1.807, 2.05) is 26.8 Å². The van der Waals surface area contributed by atoms with Gasteiger partial charge in [-0.05, 0) is 56.0 Å². The molecule has 194 valence electrons. The molecule has 0 atom stereocenters. The summed E-state index contributed by atoms with van der Waals surface area (Å²) in [5.41, 5.74) is 4.10. The molecule has 3 aromatic heterocycles. The highest BCUT2D eigenvalue weighted by Gasteiger charge is 2.23. The first kappa shape index (κ1) is 25.7. The van der Waals surface area contributed by atoms with Crippen LogP contribution in [0.15, 0.2) is 47.1 Å². The molecule has 10 heteroatoms. The van der Waals surface area contributed by atoms with E-state index in [0.29, 0.717) is 23.9 Å². The number of nitrogens with one attached hydrogen (secondary N) is 2. The van der Waals surface area contributed by atoms with Crippen LogP contribution in [0.3, 0.4) is 0 Å². The van der Waals surface area contributed by atoms with Gasteiger partial charge in [-0.2, -0.15) is 10.2 Å². The predicted molar refractivity (Wildman–Crippen MR) is 140 cm³/mol. The molecule has 3 heterocycles. The van der Waals surface area contributed by atoms with E-state index < -0.39 is 11.8 Å². The molecule has 10 nitrogen and oxygen atoms in total. The Labute approximate surface area is 215 Å². The smallest absolute Gasteiger partial charge is 0.291 e. The lowest BCUT2D eigenvalue weighted by Gasteiger charge is -2.14. The molecule has 0 aliphatic rings. The zero-order valence-electron chi connectivity index (χ0n) is 22.0. The Hall–Kier alpha value is -4.34. The van der Waals surface area contributed by atoms with E-state index in [1.165, 1.54) is 10.9 Å². The molecule has 4 aromatic rings. The molecule has 0 radical (unpaired) electrons. The van der Waals surface area contributed by atoms with Gasteiger partial charge in [0.15, 0.2) is 5.76 Å². The highest BCUT2D eigenvalue weighted by Crippen LogP contribution is 2.28. The summed E-state index contributed by atoms with van der Waals surface area (Å²) in [7, 11) is 1.79. The second-order valence-corrected chi connectivity index (χ2v) is 9.15. The van der Waals surface area contributed by atoms with E-state index in [1.54, 1.807) is 30.1 Å². The fraction of sp³-hybridized carbons (Fsp3) is 0.333. The van der Waals surface area contributed by atoms with Gasteiger partial charge in [0.05, 0.1) is 29.5 Å². The van der Waals surface area contributed by atoms with Crippen LogP contribution in [0.2, 0.25) is 0 Å². The molecule has 0 unspecified atom stereocenters. The molecule has 0 saturated heterocycles. The number of nitrogens with zero attached hydrogens (tertiary/aromatic N) is 4. The quantitative estimate of drug-likeness (QED) is 0.329. The van der Waals surface area contributed by atoms with Crippen molar-refractivity contribution in [1.29, 1.82) is 0 Å². The summed E-state index contributed by atoms with van der Waals surface area (Å²) in [5.74, 6) is 0.821. The number of rotatable bonds is 9. The second-order valence-electron chi connectivity index (χ2n) is 9.15. The third kappa shape index (κ3) is 5.58. The largest absolute Gasteiger partial charge is 0.485 e. The van der Waals surface area contributed by atoms with Crippen molar-refractivity contribution in [3.8, 4) is 5.75 Å². The van der Waals surface area contributed by atoms with Crippen molar-refractivity contribution in [1.82, 2.24) is 19.6 Å². The summed E-state index contributed by atoms with van der Waals surface area (Å²) < 4.78 is 14.9. The van der Waals surface area contributed by atoms with Crippen molar-refractivity contribution >= 4 is 23.2 Å². The van der Waals surface area contributed by atoms with Crippen molar-refractivity contribution in [2.75, 3.05) is 10.6 Å². The van der Waals surface area contributed by atoms with Crippen LogP contribution in [-0.2, 0) is 20.2 Å². The molecule has 1 aromatic carbocycles. The summed E-state index contributed by atoms with van der Waals surface area (Å²) in [5, 5.41) is 14.0. The lowest BCUT2D eigenvalue weighted by molar-refractivity contribution is 0.0992. The Bertz CT molecular complexity index is 1430. The monoisotopic (exact) mass is 504 g/mol. The topological polar surface area (TPSA) is 116 Å². The molecule has 37 heavy (non-hydrogen) atoms. The van der Waals surface area contributed by atoms with E-state index in [9.17, 15) is 9.59 Å². The molecule has 2 N–H and O–H groups in total. The Morgan fingerprint density at radius 3 is 2.43 bits per heavy atom. The molecular weight excluding hydrogens is 472 g/mol. The number of hydrogen-bond acceptors (Lipinski definition) is 6. The predicted octanol–water partition coefficient (Wildman–Crippen LogP) is 5.05. The van der Waals surface area contributed by atoms with Gasteiger partial charge < -0.3 is 19.8 Å². The van der Waals surface area contributed by atoms with E-state index in [4.69, 9.17) is 9.15 Å². The number of benzene rings is 1. The van der Waals surface area contributed by atoms with Gasteiger partial charge in [-0.15, -0.1) is 0 Å². The molecule has 0 fully saturated rings. The van der Waals surface area contributed by atoms with Gasteiger partial charge in [-0.25, -0.2) is 0 Å². The van der Waals surface area contributed by atoms with Crippen LogP contribution >= 0.6 is 0 Å². The lowest BCUT2D eigenvalue weighted by atomic mass is 10.0. The van der Waals surface area contributed by atoms with Crippen LogP contribution in [0.4, 0.5) is 11.4 Å². The minimum absolute atomic E-state index is 0.102. The highest BCUT2D eigenvalue weighted by atomic mass is 16.5. The first-order valence-electron chi connectivity index (χ1n) is 12.2. The Kier molecular flexibility index (Phi) is 7.47. The fourth-order valence-corrected chi connectivity index (χ4v) is 3.91. The standard InChI is InChI=1S/C27H32N6O4/c1-7-33-25(27(35)30-21-13-28-32(6)18(21)5)22(14-29-33)31-26(34)23-11-9-19(37-23)15-36-24-12-17(4)8-10-20(24)16(2)3/h8-14,16H,7,15H2,1-6H3,(H,30,35)(H,31,34). The molecule has 4 rings (SSSR count). The zero-order chi connectivity index (χ0) is 26.7. The first-order chi connectivity index (χ1) is 17.7. The summed E-state index contributed by atoms with van der Waals surface area (Å²) in [4.78, 5) is 26.0. The number of carbonyl (C=O) groups excluding carboxylic acids is 2. The Balaban J connectivity index is 1.46. The molecule has 0 spiro atoms. The van der Waals surface area contributed by atoms with Gasteiger partial charge in [0, 0.05) is 13.6 Å². The average Bonchev–Trinajstić information content (AvgIpc) is 3.58. The second kappa shape index (κ2) is 10.7. The number of furan rings is 1. The van der Waals surface area contributed by atoms with Crippen LogP contribution in [0, 0.1) is 13.8 Å². The molecule has 0 aliphatic heterocycles. The molecule has 2 amide bonds. The number of carbonyl (C=O) groups is 2. The average molecular weight is 505 g/mol. The Morgan fingerprint density at radius 1 is 1.03 bits per heavy atom. The zero-order valence-corrected chi connectivity index (χ0v) is 22.0. The van der Waals surface area contributed by atoms with Crippen LogP contribution in [-0.4, -0.2) is 31.4 Å². The number of hydrogen-bond donors (Lipinski definition) is 2. The van der Waals surface area contributed by atoms with Crippen molar-refractivity contribution in [3.63, 3.8) is 0 Å². The van der Waals surface area contributed by atoms with Gasteiger partial charge in [0.2, 0.25) is 0 Å². The minimum atomic E-state index is -0.494. The number of amides is 2. The van der Waals surface area contributed by atoms with Crippen molar-refractivity contribution < 1.29 is 18.7 Å². The summed E-state index contributed by atoms with van der Waals surface area (Å²) >= 11 is 0. The number of aryl methyl sites for hydroxylation is 3. The maximum Gasteiger partial charge on any atom is 0.291 e. The van der Waals surface area contributed by atoms with Crippen LogP contribution in [0.5, 0.6) is 5.75 Å². The maximum atomic E-state index is 13.1. The summed E-state index contributed by atoms with van der Waals surface area (Å²) in [6.45, 7) is 10.6. The van der Waals surface area contributed by atoms with Gasteiger partial charge in [-0.1, -0.05) is 26.0 Å².